The zero-order valence-electron chi connectivity index (χ0n) is 12.2. The highest BCUT2D eigenvalue weighted by Crippen LogP contribution is 2.32. The van der Waals surface area contributed by atoms with Crippen molar-refractivity contribution < 1.29 is 14.3 Å². The second-order valence-electron chi connectivity index (χ2n) is 5.68. The van der Waals surface area contributed by atoms with E-state index in [1.54, 1.807) is 12.1 Å². The van der Waals surface area contributed by atoms with Gasteiger partial charge in [-0.2, -0.15) is 0 Å². The second-order valence-corrected chi connectivity index (χ2v) is 5.68. The number of amides is 1. The fourth-order valence-corrected chi connectivity index (χ4v) is 2.70. The quantitative estimate of drug-likeness (QED) is 0.864. The van der Waals surface area contributed by atoms with Gasteiger partial charge in [0.2, 0.25) is 5.91 Å². The van der Waals surface area contributed by atoms with Crippen molar-refractivity contribution in [2.45, 2.75) is 25.7 Å². The fourth-order valence-electron chi connectivity index (χ4n) is 2.70. The summed E-state index contributed by atoms with van der Waals surface area (Å²) in [6.45, 7) is 1.87. The molecule has 1 aromatic carbocycles. The maximum atomic E-state index is 11.9. The van der Waals surface area contributed by atoms with Crippen LogP contribution < -0.4 is 10.2 Å². The van der Waals surface area contributed by atoms with E-state index in [-0.39, 0.29) is 17.8 Å². The summed E-state index contributed by atoms with van der Waals surface area (Å²) in [5.41, 5.74) is 2.17. The van der Waals surface area contributed by atoms with Crippen LogP contribution in [0.1, 0.15) is 36.0 Å². The van der Waals surface area contributed by atoms with Crippen molar-refractivity contribution in [3.05, 3.63) is 23.8 Å². The molecule has 21 heavy (non-hydrogen) atoms. The second kappa shape index (κ2) is 5.76. The van der Waals surface area contributed by atoms with Crippen LogP contribution in [0.4, 0.5) is 11.4 Å². The van der Waals surface area contributed by atoms with Gasteiger partial charge in [0.25, 0.3) is 0 Å². The van der Waals surface area contributed by atoms with Gasteiger partial charge in [-0.3, -0.25) is 4.79 Å². The maximum Gasteiger partial charge on any atom is 0.339 e. The zero-order valence-corrected chi connectivity index (χ0v) is 12.2. The predicted octanol–water partition coefficient (Wildman–Crippen LogP) is 2.42. The molecule has 3 rings (SSSR count). The van der Waals surface area contributed by atoms with E-state index in [1.807, 2.05) is 6.07 Å². The molecule has 2 aliphatic rings. The van der Waals surface area contributed by atoms with Crippen LogP contribution in [0.5, 0.6) is 0 Å². The third kappa shape index (κ3) is 3.01. The van der Waals surface area contributed by atoms with Crippen molar-refractivity contribution in [1.29, 1.82) is 0 Å². The lowest BCUT2D eigenvalue weighted by molar-refractivity contribution is -0.117. The molecule has 0 unspecified atom stereocenters. The molecule has 1 saturated carbocycles. The van der Waals surface area contributed by atoms with Gasteiger partial charge in [-0.25, -0.2) is 4.79 Å². The Morgan fingerprint density at radius 2 is 1.95 bits per heavy atom. The molecule has 0 bridgehead atoms. The smallest absolute Gasteiger partial charge is 0.339 e. The minimum absolute atomic E-state index is 0.0770. The summed E-state index contributed by atoms with van der Waals surface area (Å²) in [5, 5.41) is 2.93. The normalized spacial score (nSPS) is 17.7. The molecule has 1 aliphatic heterocycles. The highest BCUT2D eigenvalue weighted by Gasteiger charge is 2.30. The minimum atomic E-state index is -0.336. The van der Waals surface area contributed by atoms with E-state index in [0.29, 0.717) is 5.56 Å². The molecule has 0 spiro atoms. The Morgan fingerprint density at radius 3 is 2.57 bits per heavy atom. The van der Waals surface area contributed by atoms with Gasteiger partial charge in [-0.1, -0.05) is 0 Å². The number of hydrogen-bond acceptors (Lipinski definition) is 4. The number of methoxy groups -OCH3 is 1. The number of nitrogens with zero attached hydrogens (tertiary/aromatic N) is 1. The fraction of sp³-hybridized carbons (Fsp3) is 0.500. The van der Waals surface area contributed by atoms with Crippen LogP contribution in [0.3, 0.4) is 0 Å². The first-order valence-corrected chi connectivity index (χ1v) is 7.47. The summed E-state index contributed by atoms with van der Waals surface area (Å²) in [7, 11) is 1.39. The van der Waals surface area contributed by atoms with Gasteiger partial charge < -0.3 is 15.0 Å². The number of carbonyl (C=O) groups is 2. The molecule has 1 amide bonds. The van der Waals surface area contributed by atoms with Crippen LogP contribution in [-0.4, -0.2) is 32.1 Å². The van der Waals surface area contributed by atoms with Crippen LogP contribution >= 0.6 is 0 Å². The van der Waals surface area contributed by atoms with Crippen molar-refractivity contribution in [1.82, 2.24) is 0 Å². The molecule has 0 aromatic heterocycles. The molecule has 112 valence electrons. The number of nitrogens with one attached hydrogen (secondary N) is 1. The van der Waals surface area contributed by atoms with Gasteiger partial charge in [-0.05, 0) is 43.9 Å². The average molecular weight is 288 g/mol. The van der Waals surface area contributed by atoms with Crippen molar-refractivity contribution in [3.63, 3.8) is 0 Å². The highest BCUT2D eigenvalue weighted by molar-refractivity contribution is 5.99. The van der Waals surface area contributed by atoms with Crippen molar-refractivity contribution in [2.24, 2.45) is 5.92 Å². The minimum Gasteiger partial charge on any atom is -0.465 e. The summed E-state index contributed by atoms with van der Waals surface area (Å²) in [6, 6.07) is 5.39. The summed E-state index contributed by atoms with van der Waals surface area (Å²) in [4.78, 5) is 26.0. The number of hydrogen-bond donors (Lipinski definition) is 1. The number of rotatable bonds is 4. The summed E-state index contributed by atoms with van der Waals surface area (Å²) >= 11 is 0. The molecule has 1 heterocycles. The summed E-state index contributed by atoms with van der Waals surface area (Å²) < 4.78 is 4.85. The SMILES string of the molecule is COC(=O)c1ccc(NC(=O)C2CC2)cc1N1CCCC1. The molecule has 2 fully saturated rings. The van der Waals surface area contributed by atoms with Crippen LogP contribution in [-0.2, 0) is 9.53 Å². The standard InChI is InChI=1S/C16H20N2O3/c1-21-16(20)13-7-6-12(17-15(19)11-4-5-11)10-14(13)18-8-2-3-9-18/h6-7,10-11H,2-5,8-9H2,1H3,(H,17,19). The van der Waals surface area contributed by atoms with Crippen molar-refractivity contribution in [2.75, 3.05) is 30.4 Å². The third-order valence-electron chi connectivity index (χ3n) is 4.07. The third-order valence-corrected chi connectivity index (χ3v) is 4.07. The van der Waals surface area contributed by atoms with Crippen molar-refractivity contribution in [3.8, 4) is 0 Å². The van der Waals surface area contributed by atoms with Gasteiger partial charge in [0.05, 0.1) is 18.4 Å². The number of anilines is 2. The number of carbonyl (C=O) groups excluding carboxylic acids is 2. The first-order chi connectivity index (χ1) is 10.2. The highest BCUT2D eigenvalue weighted by atomic mass is 16.5. The van der Waals surface area contributed by atoms with Crippen LogP contribution in [0.2, 0.25) is 0 Å². The lowest BCUT2D eigenvalue weighted by Gasteiger charge is -2.21. The van der Waals surface area contributed by atoms with Gasteiger partial charge in [0.1, 0.15) is 0 Å². The monoisotopic (exact) mass is 288 g/mol. The average Bonchev–Trinajstić information content (AvgIpc) is 3.22. The Hall–Kier alpha value is -2.04. The van der Waals surface area contributed by atoms with Gasteiger partial charge >= 0.3 is 5.97 Å². The van der Waals surface area contributed by atoms with E-state index in [2.05, 4.69) is 10.2 Å². The van der Waals surface area contributed by atoms with Gasteiger partial charge in [0.15, 0.2) is 0 Å². The van der Waals surface area contributed by atoms with Gasteiger partial charge in [0, 0.05) is 24.7 Å². The van der Waals surface area contributed by atoms with E-state index in [1.165, 1.54) is 7.11 Å². The van der Waals surface area contributed by atoms with Gasteiger partial charge in [-0.15, -0.1) is 0 Å². The Kier molecular flexibility index (Phi) is 3.82. The summed E-state index contributed by atoms with van der Waals surface area (Å²) in [5.74, 6) is -0.0920. The molecular weight excluding hydrogens is 268 g/mol. The molecule has 1 aliphatic carbocycles. The lowest BCUT2D eigenvalue weighted by Crippen LogP contribution is -2.22. The van der Waals surface area contributed by atoms with Crippen LogP contribution in [0.25, 0.3) is 0 Å². The Balaban J connectivity index is 1.87. The van der Waals surface area contributed by atoms with Crippen molar-refractivity contribution >= 4 is 23.3 Å². The maximum absolute atomic E-state index is 11.9. The predicted molar refractivity (Wildman–Crippen MR) is 80.6 cm³/mol. The molecule has 0 radical (unpaired) electrons. The van der Waals surface area contributed by atoms with E-state index < -0.39 is 0 Å². The molecule has 1 aromatic rings. The molecule has 1 N–H and O–H groups in total. The number of esters is 1. The Bertz CT molecular complexity index is 561. The Labute approximate surface area is 124 Å². The lowest BCUT2D eigenvalue weighted by atomic mass is 10.1. The largest absolute Gasteiger partial charge is 0.465 e. The summed E-state index contributed by atoms with van der Waals surface area (Å²) in [6.07, 6.45) is 4.20. The van der Waals surface area contributed by atoms with Crippen LogP contribution in [0, 0.1) is 5.92 Å². The Morgan fingerprint density at radius 1 is 1.24 bits per heavy atom. The molecular formula is C16H20N2O3. The zero-order chi connectivity index (χ0) is 14.8. The van der Waals surface area contributed by atoms with E-state index in [0.717, 1.165) is 50.1 Å². The molecule has 1 saturated heterocycles. The van der Waals surface area contributed by atoms with E-state index in [4.69, 9.17) is 4.74 Å². The molecule has 5 heteroatoms. The van der Waals surface area contributed by atoms with E-state index in [9.17, 15) is 9.59 Å². The first-order valence-electron chi connectivity index (χ1n) is 7.47. The number of ether oxygens (including phenoxy) is 1. The van der Waals surface area contributed by atoms with Crippen LogP contribution in [0.15, 0.2) is 18.2 Å². The topological polar surface area (TPSA) is 58.6 Å². The first kappa shape index (κ1) is 13.9. The molecule has 0 atom stereocenters. The number of benzene rings is 1. The molecule has 5 nitrogen and oxygen atoms in total. The van der Waals surface area contributed by atoms with E-state index >= 15 is 0 Å².